The molecule has 0 radical (unpaired) electrons. The van der Waals surface area contributed by atoms with Crippen molar-refractivity contribution in [3.05, 3.63) is 60.2 Å². The quantitative estimate of drug-likeness (QED) is 0.827. The van der Waals surface area contributed by atoms with Crippen molar-refractivity contribution in [2.24, 2.45) is 0 Å². The lowest BCUT2D eigenvalue weighted by molar-refractivity contribution is -0.122. The first kappa shape index (κ1) is 15.8. The van der Waals surface area contributed by atoms with E-state index in [-0.39, 0.29) is 11.7 Å². The highest BCUT2D eigenvalue weighted by molar-refractivity contribution is 5.96. The first-order valence-corrected chi connectivity index (χ1v) is 7.23. The third kappa shape index (κ3) is 4.19. The van der Waals surface area contributed by atoms with Gasteiger partial charge in [-0.15, -0.1) is 0 Å². The summed E-state index contributed by atoms with van der Waals surface area (Å²) in [5, 5.41) is 2.80. The number of hydrogen-bond acceptors (Lipinski definition) is 3. The molecule has 1 N–H and O–H groups in total. The number of benzene rings is 2. The van der Waals surface area contributed by atoms with Crippen LogP contribution in [0.4, 0.5) is 5.69 Å². The number of ketones is 1. The smallest absolute Gasteiger partial charge is 0.265 e. The number of ether oxygens (including phenoxy) is 1. The third-order valence-electron chi connectivity index (χ3n) is 3.24. The Morgan fingerprint density at radius 3 is 2.23 bits per heavy atom. The summed E-state index contributed by atoms with van der Waals surface area (Å²) >= 11 is 0. The summed E-state index contributed by atoms with van der Waals surface area (Å²) < 4.78 is 5.69. The van der Waals surface area contributed by atoms with Crippen LogP contribution in [0, 0.1) is 0 Å². The summed E-state index contributed by atoms with van der Waals surface area (Å²) in [7, 11) is 0. The second-order valence-electron chi connectivity index (χ2n) is 4.95. The fourth-order valence-corrected chi connectivity index (χ4v) is 2.00. The summed E-state index contributed by atoms with van der Waals surface area (Å²) in [5.41, 5.74) is 1.26. The number of Topliss-reactive ketones (excluding diaryl/α,β-unsaturated/α-hetero) is 1. The number of carbonyl (C=O) groups excluding carboxylic acids is 2. The van der Waals surface area contributed by atoms with E-state index in [4.69, 9.17) is 4.74 Å². The average molecular weight is 297 g/mol. The van der Waals surface area contributed by atoms with Gasteiger partial charge in [-0.1, -0.05) is 25.1 Å². The van der Waals surface area contributed by atoms with Gasteiger partial charge >= 0.3 is 0 Å². The second-order valence-corrected chi connectivity index (χ2v) is 4.95. The molecular weight excluding hydrogens is 278 g/mol. The molecule has 2 rings (SSSR count). The highest BCUT2D eigenvalue weighted by atomic mass is 16.5. The van der Waals surface area contributed by atoms with Crippen molar-refractivity contribution in [2.45, 2.75) is 26.4 Å². The fraction of sp³-hybridized carbons (Fsp3) is 0.222. The van der Waals surface area contributed by atoms with Gasteiger partial charge in [-0.25, -0.2) is 0 Å². The maximum atomic E-state index is 12.3. The van der Waals surface area contributed by atoms with Crippen molar-refractivity contribution in [2.75, 3.05) is 5.32 Å². The van der Waals surface area contributed by atoms with Crippen LogP contribution in [0.5, 0.6) is 5.75 Å². The molecule has 0 aliphatic rings. The summed E-state index contributed by atoms with van der Waals surface area (Å²) in [6.07, 6.45) is 0.00147. The molecule has 0 bridgehead atoms. The minimum atomic E-state index is -0.560. The van der Waals surface area contributed by atoms with Crippen molar-refractivity contribution in [3.8, 4) is 5.75 Å². The molecule has 22 heavy (non-hydrogen) atoms. The molecule has 0 fully saturated rings. The largest absolute Gasteiger partial charge is 0.481 e. The van der Waals surface area contributed by atoms with E-state index in [9.17, 15) is 9.59 Å². The lowest BCUT2D eigenvalue weighted by atomic mass is 10.1. The van der Waals surface area contributed by atoms with Crippen LogP contribution in [-0.2, 0) is 4.79 Å². The molecule has 114 valence electrons. The van der Waals surface area contributed by atoms with Gasteiger partial charge in [0.15, 0.2) is 11.9 Å². The van der Waals surface area contributed by atoms with Crippen molar-refractivity contribution in [3.63, 3.8) is 0 Å². The van der Waals surface area contributed by atoms with Crippen LogP contribution >= 0.6 is 0 Å². The molecule has 2 aromatic carbocycles. The van der Waals surface area contributed by atoms with Gasteiger partial charge in [0, 0.05) is 11.3 Å². The van der Waals surface area contributed by atoms with Crippen LogP contribution in [0.25, 0.3) is 0 Å². The average Bonchev–Trinajstić information content (AvgIpc) is 2.54. The van der Waals surface area contributed by atoms with E-state index in [1.54, 1.807) is 24.3 Å². The Kier molecular flexibility index (Phi) is 5.31. The normalized spacial score (nSPS) is 11.5. The molecule has 0 aliphatic heterocycles. The van der Waals surface area contributed by atoms with Gasteiger partial charge < -0.3 is 10.1 Å². The predicted octanol–water partition coefficient (Wildman–Crippen LogP) is 3.69. The van der Waals surface area contributed by atoms with Crippen LogP contribution in [0.1, 0.15) is 30.6 Å². The monoisotopic (exact) mass is 297 g/mol. The zero-order valence-electron chi connectivity index (χ0n) is 12.7. The van der Waals surface area contributed by atoms with E-state index in [1.165, 1.54) is 6.92 Å². The zero-order chi connectivity index (χ0) is 15.9. The molecule has 0 heterocycles. The highest BCUT2D eigenvalue weighted by Crippen LogP contribution is 2.15. The number of nitrogens with one attached hydrogen (secondary N) is 1. The molecule has 1 amide bonds. The molecule has 4 nitrogen and oxygen atoms in total. The molecule has 0 spiro atoms. The molecule has 0 saturated heterocycles. The van der Waals surface area contributed by atoms with Crippen LogP contribution in [-0.4, -0.2) is 17.8 Å². The molecule has 0 aliphatic carbocycles. The Balaban J connectivity index is 2.01. The van der Waals surface area contributed by atoms with E-state index in [0.717, 1.165) is 0 Å². The van der Waals surface area contributed by atoms with E-state index < -0.39 is 6.10 Å². The summed E-state index contributed by atoms with van der Waals surface area (Å²) in [6.45, 7) is 3.40. The molecule has 0 saturated carbocycles. The van der Waals surface area contributed by atoms with E-state index in [2.05, 4.69) is 5.32 Å². The van der Waals surface area contributed by atoms with E-state index in [1.807, 2.05) is 37.3 Å². The maximum absolute atomic E-state index is 12.3. The van der Waals surface area contributed by atoms with Crippen molar-refractivity contribution < 1.29 is 14.3 Å². The number of amides is 1. The highest BCUT2D eigenvalue weighted by Gasteiger charge is 2.18. The minimum absolute atomic E-state index is 0.00304. The van der Waals surface area contributed by atoms with Gasteiger partial charge in [-0.2, -0.15) is 0 Å². The van der Waals surface area contributed by atoms with Crippen molar-refractivity contribution in [1.29, 1.82) is 0 Å². The third-order valence-corrected chi connectivity index (χ3v) is 3.24. The van der Waals surface area contributed by atoms with Gasteiger partial charge in [-0.05, 0) is 49.7 Å². The Labute approximate surface area is 130 Å². The van der Waals surface area contributed by atoms with Gasteiger partial charge in [0.2, 0.25) is 0 Å². The number of anilines is 1. The number of carbonyl (C=O) groups is 2. The van der Waals surface area contributed by atoms with Crippen LogP contribution < -0.4 is 10.1 Å². The fourth-order valence-electron chi connectivity index (χ4n) is 2.00. The number of para-hydroxylation sites is 1. The molecule has 0 aromatic heterocycles. The summed E-state index contributed by atoms with van der Waals surface area (Å²) in [4.78, 5) is 23.5. The molecule has 4 heteroatoms. The second kappa shape index (κ2) is 7.41. The van der Waals surface area contributed by atoms with Gasteiger partial charge in [-0.3, -0.25) is 9.59 Å². The van der Waals surface area contributed by atoms with Crippen LogP contribution in [0.15, 0.2) is 54.6 Å². The SMILES string of the molecule is CCC(Oc1ccccc1)C(=O)Nc1ccc(C(C)=O)cc1. The maximum Gasteiger partial charge on any atom is 0.265 e. The first-order valence-electron chi connectivity index (χ1n) is 7.23. The Morgan fingerprint density at radius 1 is 1.05 bits per heavy atom. The van der Waals surface area contributed by atoms with Gasteiger partial charge in [0.05, 0.1) is 0 Å². The molecule has 1 atom stereocenters. The van der Waals surface area contributed by atoms with Gasteiger partial charge in [0.1, 0.15) is 5.75 Å². The lowest BCUT2D eigenvalue weighted by Gasteiger charge is -2.17. The van der Waals surface area contributed by atoms with E-state index in [0.29, 0.717) is 23.4 Å². The van der Waals surface area contributed by atoms with Gasteiger partial charge in [0.25, 0.3) is 5.91 Å². The summed E-state index contributed by atoms with van der Waals surface area (Å²) in [5.74, 6) is 0.454. The Bertz CT molecular complexity index is 635. The van der Waals surface area contributed by atoms with E-state index >= 15 is 0 Å². The molecule has 2 aromatic rings. The van der Waals surface area contributed by atoms with Crippen LogP contribution in [0.2, 0.25) is 0 Å². The number of hydrogen-bond donors (Lipinski definition) is 1. The Morgan fingerprint density at radius 2 is 1.68 bits per heavy atom. The topological polar surface area (TPSA) is 55.4 Å². The standard InChI is InChI=1S/C18H19NO3/c1-3-17(22-16-7-5-4-6-8-16)18(21)19-15-11-9-14(10-12-15)13(2)20/h4-12,17H,3H2,1-2H3,(H,19,21). The predicted molar refractivity (Wildman–Crippen MR) is 86.2 cm³/mol. The minimum Gasteiger partial charge on any atom is -0.481 e. The Hall–Kier alpha value is -2.62. The molecule has 1 unspecified atom stereocenters. The zero-order valence-corrected chi connectivity index (χ0v) is 12.7. The number of rotatable bonds is 6. The molecular formula is C18H19NO3. The van der Waals surface area contributed by atoms with Crippen molar-refractivity contribution >= 4 is 17.4 Å². The lowest BCUT2D eigenvalue weighted by Crippen LogP contribution is -2.32. The van der Waals surface area contributed by atoms with Crippen LogP contribution in [0.3, 0.4) is 0 Å². The summed E-state index contributed by atoms with van der Waals surface area (Å²) in [6, 6.07) is 16.1. The van der Waals surface area contributed by atoms with Crippen molar-refractivity contribution in [1.82, 2.24) is 0 Å². The first-order chi connectivity index (χ1) is 10.6.